The van der Waals surface area contributed by atoms with Gasteiger partial charge in [-0.2, -0.15) is 5.26 Å². The van der Waals surface area contributed by atoms with E-state index in [1.165, 1.54) is 0 Å². The molecular formula is C6H7ClNP. The molecule has 0 aliphatic heterocycles. The zero-order valence-electron chi connectivity index (χ0n) is 5.06. The lowest BCUT2D eigenvalue weighted by molar-refractivity contribution is 1.47. The van der Waals surface area contributed by atoms with Crippen molar-refractivity contribution in [1.82, 2.24) is 0 Å². The van der Waals surface area contributed by atoms with Crippen LogP contribution >= 0.6 is 20.8 Å². The van der Waals surface area contributed by atoms with Gasteiger partial charge in [-0.3, -0.25) is 0 Å². The molecule has 0 aromatic heterocycles. The Bertz CT molecular complexity index is 184. The molecule has 0 spiro atoms. The van der Waals surface area contributed by atoms with E-state index in [9.17, 15) is 0 Å². The maximum atomic E-state index is 8.37. The van der Waals surface area contributed by atoms with Gasteiger partial charge in [-0.05, 0) is 13.0 Å². The van der Waals surface area contributed by atoms with Crippen molar-refractivity contribution in [1.29, 1.82) is 5.26 Å². The normalized spacial score (nSPS) is 13.1. The minimum absolute atomic E-state index is 0.506. The quantitative estimate of drug-likeness (QED) is 0.328. The van der Waals surface area contributed by atoms with Crippen LogP contribution in [0.3, 0.4) is 0 Å². The Morgan fingerprint density at radius 1 is 1.78 bits per heavy atom. The van der Waals surface area contributed by atoms with Crippen molar-refractivity contribution in [2.75, 3.05) is 0 Å². The van der Waals surface area contributed by atoms with Crippen LogP contribution in [0, 0.1) is 11.3 Å². The van der Waals surface area contributed by atoms with Gasteiger partial charge in [-0.15, -0.1) is 9.24 Å². The first-order chi connectivity index (χ1) is 4.22. The first-order valence-electron chi connectivity index (χ1n) is 2.37. The van der Waals surface area contributed by atoms with E-state index in [1.807, 2.05) is 6.07 Å². The number of hydrogen-bond acceptors (Lipinski definition) is 1. The molecule has 0 aliphatic rings. The number of hydrogen-bond donors (Lipinski definition) is 0. The molecule has 0 saturated carbocycles. The van der Waals surface area contributed by atoms with Crippen LogP contribution in [-0.2, 0) is 0 Å². The number of nitrogens with zero attached hydrogens (tertiary/aromatic N) is 1. The highest BCUT2D eigenvalue weighted by Crippen LogP contribution is 2.08. The first kappa shape index (κ1) is 8.69. The summed E-state index contributed by atoms with van der Waals surface area (Å²) >= 11 is 5.52. The summed E-state index contributed by atoms with van der Waals surface area (Å²) in [6.07, 6.45) is 1.65. The van der Waals surface area contributed by atoms with Crippen LogP contribution in [0.25, 0.3) is 0 Å². The highest BCUT2D eigenvalue weighted by Gasteiger charge is 1.90. The molecular weight excluding hydrogens is 152 g/mol. The Labute approximate surface area is 62.2 Å². The summed E-state index contributed by atoms with van der Waals surface area (Å²) in [6, 6.07) is 1.95. The molecule has 48 valence electrons. The van der Waals surface area contributed by atoms with Gasteiger partial charge in [0.25, 0.3) is 0 Å². The second kappa shape index (κ2) is 4.56. The van der Waals surface area contributed by atoms with Gasteiger partial charge in [0, 0.05) is 5.03 Å². The summed E-state index contributed by atoms with van der Waals surface area (Å²) in [4.78, 5) is 0. The van der Waals surface area contributed by atoms with Gasteiger partial charge in [0.1, 0.15) is 6.07 Å². The predicted molar refractivity (Wildman–Crippen MR) is 43.0 cm³/mol. The number of allylic oxidation sites excluding steroid dienone is 3. The van der Waals surface area contributed by atoms with Gasteiger partial charge in [-0.1, -0.05) is 17.4 Å². The Balaban J connectivity index is 4.41. The molecule has 0 aromatic rings. The standard InChI is InChI=1S/C6H7ClNP/c1-5(7)6(4-8)2-3-9/h2-3H,9H2,1H3/b3-2-,6-5-. The molecule has 0 radical (unpaired) electrons. The van der Waals surface area contributed by atoms with Gasteiger partial charge in [0.2, 0.25) is 0 Å². The van der Waals surface area contributed by atoms with Crippen molar-refractivity contribution in [3.63, 3.8) is 0 Å². The lowest BCUT2D eigenvalue weighted by Crippen LogP contribution is -1.71. The van der Waals surface area contributed by atoms with Crippen LogP contribution in [0.15, 0.2) is 22.5 Å². The second-order valence-electron chi connectivity index (χ2n) is 1.42. The minimum atomic E-state index is 0.506. The van der Waals surface area contributed by atoms with Crippen LogP contribution in [0.2, 0.25) is 0 Å². The molecule has 0 saturated heterocycles. The fourth-order valence-corrected chi connectivity index (χ4v) is 0.623. The van der Waals surface area contributed by atoms with Crippen LogP contribution in [0.5, 0.6) is 0 Å². The van der Waals surface area contributed by atoms with Crippen LogP contribution in [0.4, 0.5) is 0 Å². The van der Waals surface area contributed by atoms with E-state index >= 15 is 0 Å². The molecule has 0 aromatic carbocycles. The van der Waals surface area contributed by atoms with Crippen LogP contribution < -0.4 is 0 Å². The summed E-state index contributed by atoms with van der Waals surface area (Å²) in [5, 5.41) is 8.90. The Morgan fingerprint density at radius 2 is 2.33 bits per heavy atom. The molecule has 1 atom stereocenters. The average Bonchev–Trinajstić information content (AvgIpc) is 1.82. The zero-order chi connectivity index (χ0) is 7.28. The number of nitriles is 1. The van der Waals surface area contributed by atoms with Crippen LogP contribution in [-0.4, -0.2) is 0 Å². The highest BCUT2D eigenvalue weighted by molar-refractivity contribution is 7.20. The lowest BCUT2D eigenvalue weighted by Gasteiger charge is -1.86. The van der Waals surface area contributed by atoms with Crippen molar-refractivity contribution < 1.29 is 0 Å². The highest BCUT2D eigenvalue weighted by atomic mass is 35.5. The van der Waals surface area contributed by atoms with Crippen molar-refractivity contribution >= 4 is 20.8 Å². The topological polar surface area (TPSA) is 23.8 Å². The van der Waals surface area contributed by atoms with E-state index in [0.717, 1.165) is 0 Å². The van der Waals surface area contributed by atoms with Gasteiger partial charge in [0.15, 0.2) is 0 Å². The maximum Gasteiger partial charge on any atom is 0.100 e. The molecule has 0 aliphatic carbocycles. The van der Waals surface area contributed by atoms with Crippen molar-refractivity contribution in [3.8, 4) is 6.07 Å². The minimum Gasteiger partial charge on any atom is -0.192 e. The molecule has 0 amide bonds. The Morgan fingerprint density at radius 3 is 2.44 bits per heavy atom. The van der Waals surface area contributed by atoms with Crippen molar-refractivity contribution in [3.05, 3.63) is 22.5 Å². The van der Waals surface area contributed by atoms with Gasteiger partial charge >= 0.3 is 0 Å². The summed E-state index contributed by atoms with van der Waals surface area (Å²) in [5.41, 5.74) is 0.506. The fraction of sp³-hybridized carbons (Fsp3) is 0.167. The average molecular weight is 160 g/mol. The molecule has 0 heterocycles. The Hall–Kier alpha value is -0.310. The van der Waals surface area contributed by atoms with E-state index in [-0.39, 0.29) is 0 Å². The summed E-state index contributed by atoms with van der Waals surface area (Å²) in [7, 11) is 2.37. The van der Waals surface area contributed by atoms with E-state index in [4.69, 9.17) is 16.9 Å². The van der Waals surface area contributed by atoms with E-state index < -0.39 is 0 Å². The molecule has 0 N–H and O–H groups in total. The van der Waals surface area contributed by atoms with E-state index in [1.54, 1.807) is 18.8 Å². The van der Waals surface area contributed by atoms with Gasteiger partial charge < -0.3 is 0 Å². The first-order valence-corrected chi connectivity index (χ1v) is 3.41. The van der Waals surface area contributed by atoms with E-state index in [2.05, 4.69) is 9.24 Å². The number of rotatable bonds is 1. The van der Waals surface area contributed by atoms with Crippen molar-refractivity contribution in [2.45, 2.75) is 6.92 Å². The fourth-order valence-electron chi connectivity index (χ4n) is 0.325. The van der Waals surface area contributed by atoms with Crippen molar-refractivity contribution in [2.24, 2.45) is 0 Å². The van der Waals surface area contributed by atoms with Gasteiger partial charge in [-0.25, -0.2) is 0 Å². The molecule has 1 nitrogen and oxygen atoms in total. The largest absolute Gasteiger partial charge is 0.192 e. The molecule has 0 fully saturated rings. The summed E-state index contributed by atoms with van der Waals surface area (Å²) in [6.45, 7) is 1.69. The third-order valence-electron chi connectivity index (χ3n) is 0.754. The summed E-state index contributed by atoms with van der Waals surface area (Å²) < 4.78 is 0. The second-order valence-corrected chi connectivity index (χ2v) is 2.37. The third kappa shape index (κ3) is 3.30. The van der Waals surface area contributed by atoms with E-state index in [0.29, 0.717) is 10.6 Å². The SMILES string of the molecule is C/C(Cl)=C(C#N)\C=C/P. The molecule has 3 heteroatoms. The molecule has 0 rings (SSSR count). The third-order valence-corrected chi connectivity index (χ3v) is 1.15. The Kier molecular flexibility index (Phi) is 4.40. The predicted octanol–water partition coefficient (Wildman–Crippen LogP) is 2.41. The molecule has 9 heavy (non-hydrogen) atoms. The lowest BCUT2D eigenvalue weighted by atomic mass is 10.3. The molecule has 1 unspecified atom stereocenters. The zero-order valence-corrected chi connectivity index (χ0v) is 6.97. The monoisotopic (exact) mass is 159 g/mol. The van der Waals surface area contributed by atoms with Gasteiger partial charge in [0.05, 0.1) is 5.57 Å². The number of halogens is 1. The smallest absolute Gasteiger partial charge is 0.100 e. The maximum absolute atomic E-state index is 8.37. The molecule has 0 bridgehead atoms. The van der Waals surface area contributed by atoms with Crippen LogP contribution in [0.1, 0.15) is 6.92 Å². The summed E-state index contributed by atoms with van der Waals surface area (Å²) in [5.74, 6) is 1.70.